The fourth-order valence-electron chi connectivity index (χ4n) is 2.11. The summed E-state index contributed by atoms with van der Waals surface area (Å²) in [4.78, 5) is 24.9. The first-order chi connectivity index (χ1) is 10.6. The summed E-state index contributed by atoms with van der Waals surface area (Å²) in [6.07, 6.45) is 5.16. The van der Waals surface area contributed by atoms with Crippen molar-refractivity contribution in [3.05, 3.63) is 46.2 Å². The van der Waals surface area contributed by atoms with Gasteiger partial charge in [-0.3, -0.25) is 4.79 Å². The summed E-state index contributed by atoms with van der Waals surface area (Å²) in [6.45, 7) is 3.88. The topological polar surface area (TPSA) is 68.5 Å². The number of aryl methyl sites for hydroxylation is 1. The number of amides is 1. The van der Waals surface area contributed by atoms with Crippen LogP contribution in [-0.2, 0) is 16.0 Å². The quantitative estimate of drug-likeness (QED) is 0.674. The number of carbonyl (C=O) groups is 2. The van der Waals surface area contributed by atoms with E-state index in [2.05, 4.69) is 5.32 Å². The first-order valence-corrected chi connectivity index (χ1v) is 7.61. The first kappa shape index (κ1) is 16.0. The largest absolute Gasteiger partial charge is 0.465 e. The average Bonchev–Trinajstić information content (AvgIpc) is 3.11. The molecular formula is C16H17NO4S. The fraction of sp³-hybridized carbons (Fsp3) is 0.250. The van der Waals surface area contributed by atoms with Gasteiger partial charge in [-0.15, -0.1) is 11.3 Å². The molecular weight excluding hydrogens is 302 g/mol. The van der Waals surface area contributed by atoms with E-state index in [-0.39, 0.29) is 5.91 Å². The number of hydrogen-bond donors (Lipinski definition) is 1. The summed E-state index contributed by atoms with van der Waals surface area (Å²) < 4.78 is 9.93. The van der Waals surface area contributed by atoms with Crippen LogP contribution in [0.15, 0.2) is 28.9 Å². The molecule has 0 aliphatic heterocycles. The standard InChI is InChI=1S/C16H17NO4S/c1-4-12-10(2)22-15(14(12)16(19)20-3)17-13(18)8-7-11-6-5-9-21-11/h5-9H,4H2,1-3H3,(H,17,18)/b8-7+. The van der Waals surface area contributed by atoms with E-state index in [1.165, 1.54) is 30.8 Å². The lowest BCUT2D eigenvalue weighted by Crippen LogP contribution is -2.12. The highest BCUT2D eigenvalue weighted by atomic mass is 32.1. The number of furan rings is 1. The summed E-state index contributed by atoms with van der Waals surface area (Å²) in [5.41, 5.74) is 1.34. The second-order valence-electron chi connectivity index (χ2n) is 4.52. The van der Waals surface area contributed by atoms with Gasteiger partial charge in [0.2, 0.25) is 5.91 Å². The summed E-state index contributed by atoms with van der Waals surface area (Å²) in [7, 11) is 1.33. The van der Waals surface area contributed by atoms with Gasteiger partial charge in [-0.1, -0.05) is 6.92 Å². The lowest BCUT2D eigenvalue weighted by atomic mass is 10.1. The molecule has 2 aromatic heterocycles. The van der Waals surface area contributed by atoms with E-state index in [4.69, 9.17) is 9.15 Å². The van der Waals surface area contributed by atoms with Gasteiger partial charge in [-0.25, -0.2) is 4.79 Å². The Morgan fingerprint density at radius 2 is 2.23 bits per heavy atom. The lowest BCUT2D eigenvalue weighted by Gasteiger charge is -2.05. The molecule has 22 heavy (non-hydrogen) atoms. The van der Waals surface area contributed by atoms with E-state index in [1.54, 1.807) is 18.2 Å². The molecule has 0 aliphatic carbocycles. The summed E-state index contributed by atoms with van der Waals surface area (Å²) >= 11 is 1.37. The highest BCUT2D eigenvalue weighted by Gasteiger charge is 2.22. The molecule has 0 unspecified atom stereocenters. The molecule has 5 nitrogen and oxygen atoms in total. The van der Waals surface area contributed by atoms with Gasteiger partial charge in [0, 0.05) is 11.0 Å². The van der Waals surface area contributed by atoms with Crippen LogP contribution in [0.25, 0.3) is 6.08 Å². The van der Waals surface area contributed by atoms with Crippen LogP contribution < -0.4 is 5.32 Å². The molecule has 2 heterocycles. The van der Waals surface area contributed by atoms with Crippen LogP contribution in [0.3, 0.4) is 0 Å². The molecule has 0 saturated carbocycles. The Morgan fingerprint density at radius 1 is 1.45 bits per heavy atom. The molecule has 2 aromatic rings. The molecule has 116 valence electrons. The fourth-order valence-corrected chi connectivity index (χ4v) is 3.24. The van der Waals surface area contributed by atoms with E-state index in [9.17, 15) is 9.59 Å². The van der Waals surface area contributed by atoms with Crippen LogP contribution >= 0.6 is 11.3 Å². The van der Waals surface area contributed by atoms with Gasteiger partial charge in [0.05, 0.1) is 18.9 Å². The second-order valence-corrected chi connectivity index (χ2v) is 5.75. The van der Waals surface area contributed by atoms with Crippen molar-refractivity contribution in [3.8, 4) is 0 Å². The average molecular weight is 319 g/mol. The Kier molecular flexibility index (Phi) is 5.16. The zero-order valence-electron chi connectivity index (χ0n) is 12.6. The molecule has 0 bridgehead atoms. The maximum atomic E-state index is 12.0. The number of esters is 1. The molecule has 0 atom stereocenters. The van der Waals surface area contributed by atoms with Gasteiger partial charge < -0.3 is 14.5 Å². The van der Waals surface area contributed by atoms with E-state index in [0.717, 1.165) is 10.4 Å². The number of rotatable bonds is 5. The lowest BCUT2D eigenvalue weighted by molar-refractivity contribution is -0.111. The zero-order valence-corrected chi connectivity index (χ0v) is 13.5. The van der Waals surface area contributed by atoms with E-state index < -0.39 is 5.97 Å². The normalized spacial score (nSPS) is 10.9. The Hall–Kier alpha value is -2.34. The first-order valence-electron chi connectivity index (χ1n) is 6.80. The zero-order chi connectivity index (χ0) is 16.1. The monoisotopic (exact) mass is 319 g/mol. The number of nitrogens with one attached hydrogen (secondary N) is 1. The van der Waals surface area contributed by atoms with E-state index in [0.29, 0.717) is 22.7 Å². The van der Waals surface area contributed by atoms with Gasteiger partial charge >= 0.3 is 5.97 Å². The third-order valence-electron chi connectivity index (χ3n) is 3.13. The summed E-state index contributed by atoms with van der Waals surface area (Å²) in [5.74, 6) is -0.183. The molecule has 0 aromatic carbocycles. The van der Waals surface area contributed by atoms with Crippen LogP contribution in [0.5, 0.6) is 0 Å². The van der Waals surface area contributed by atoms with Crippen LogP contribution in [0.2, 0.25) is 0 Å². The van der Waals surface area contributed by atoms with Gasteiger partial charge in [0.15, 0.2) is 0 Å². The highest BCUT2D eigenvalue weighted by molar-refractivity contribution is 7.16. The third-order valence-corrected chi connectivity index (χ3v) is 4.19. The summed E-state index contributed by atoms with van der Waals surface area (Å²) in [6, 6.07) is 3.48. The van der Waals surface area contributed by atoms with Crippen LogP contribution in [0.4, 0.5) is 5.00 Å². The molecule has 6 heteroatoms. The third kappa shape index (κ3) is 3.46. The second kappa shape index (κ2) is 7.09. The predicted molar refractivity (Wildman–Crippen MR) is 86.1 cm³/mol. The Bertz CT molecular complexity index is 698. The van der Waals surface area contributed by atoms with Crippen molar-refractivity contribution in [1.29, 1.82) is 0 Å². The minimum absolute atomic E-state index is 0.328. The van der Waals surface area contributed by atoms with Crippen molar-refractivity contribution in [3.63, 3.8) is 0 Å². The SMILES string of the molecule is CCc1c(C)sc(NC(=O)/C=C/c2ccco2)c1C(=O)OC. The maximum absolute atomic E-state index is 12.0. The molecule has 0 aliphatic rings. The Labute approximate surface area is 132 Å². The van der Waals surface area contributed by atoms with Gasteiger partial charge in [-0.05, 0) is 37.1 Å². The van der Waals surface area contributed by atoms with Gasteiger partial charge in [0.1, 0.15) is 10.8 Å². The van der Waals surface area contributed by atoms with Crippen molar-refractivity contribution in [2.75, 3.05) is 12.4 Å². The smallest absolute Gasteiger partial charge is 0.341 e. The molecule has 1 N–H and O–H groups in total. The number of hydrogen-bond acceptors (Lipinski definition) is 5. The number of thiophene rings is 1. The van der Waals surface area contributed by atoms with Gasteiger partial charge in [0.25, 0.3) is 0 Å². The molecule has 0 fully saturated rings. The minimum Gasteiger partial charge on any atom is -0.465 e. The van der Waals surface area contributed by atoms with E-state index in [1.807, 2.05) is 13.8 Å². The van der Waals surface area contributed by atoms with Crippen LogP contribution in [0, 0.1) is 6.92 Å². The van der Waals surface area contributed by atoms with Crippen molar-refractivity contribution in [1.82, 2.24) is 0 Å². The molecule has 1 amide bonds. The molecule has 0 radical (unpaired) electrons. The highest BCUT2D eigenvalue weighted by Crippen LogP contribution is 2.34. The van der Waals surface area contributed by atoms with Crippen LogP contribution in [-0.4, -0.2) is 19.0 Å². The molecule has 0 spiro atoms. The summed E-state index contributed by atoms with van der Waals surface area (Å²) in [5, 5.41) is 3.24. The minimum atomic E-state index is -0.438. The van der Waals surface area contributed by atoms with Crippen molar-refractivity contribution >= 4 is 34.3 Å². The van der Waals surface area contributed by atoms with Crippen molar-refractivity contribution in [2.45, 2.75) is 20.3 Å². The maximum Gasteiger partial charge on any atom is 0.341 e. The Balaban J connectivity index is 2.22. The van der Waals surface area contributed by atoms with E-state index >= 15 is 0 Å². The molecule has 2 rings (SSSR count). The molecule has 0 saturated heterocycles. The van der Waals surface area contributed by atoms with Crippen molar-refractivity contribution < 1.29 is 18.7 Å². The number of anilines is 1. The number of methoxy groups -OCH3 is 1. The van der Waals surface area contributed by atoms with Crippen molar-refractivity contribution in [2.24, 2.45) is 0 Å². The van der Waals surface area contributed by atoms with Crippen LogP contribution in [0.1, 0.15) is 33.5 Å². The predicted octanol–water partition coefficient (Wildman–Crippen LogP) is 3.65. The van der Waals surface area contributed by atoms with Gasteiger partial charge in [-0.2, -0.15) is 0 Å². The number of ether oxygens (including phenoxy) is 1. The Morgan fingerprint density at radius 3 is 2.82 bits per heavy atom. The number of carbonyl (C=O) groups excluding carboxylic acids is 2.